The van der Waals surface area contributed by atoms with Crippen molar-refractivity contribution in [1.29, 1.82) is 5.26 Å². The summed E-state index contributed by atoms with van der Waals surface area (Å²) in [6.45, 7) is 8.20. The van der Waals surface area contributed by atoms with Crippen LogP contribution in [0.2, 0.25) is 0 Å². The molecule has 1 saturated carbocycles. The minimum atomic E-state index is 0.320. The summed E-state index contributed by atoms with van der Waals surface area (Å²) in [5.41, 5.74) is 7.06. The van der Waals surface area contributed by atoms with Crippen LogP contribution < -0.4 is 11.1 Å². The van der Waals surface area contributed by atoms with Crippen LogP contribution >= 0.6 is 0 Å². The topological polar surface area (TPSA) is 90.5 Å². The number of aryl methyl sites for hydroxylation is 1. The monoisotopic (exact) mass is 331 g/mol. The molecular weight excluding hydrogens is 298 g/mol. The molecule has 1 aromatic heterocycles. The summed E-state index contributed by atoms with van der Waals surface area (Å²) in [4.78, 5) is 0. The first-order chi connectivity index (χ1) is 11.5. The van der Waals surface area contributed by atoms with Crippen molar-refractivity contribution in [2.45, 2.75) is 71.8 Å². The SMILES string of the molecule is CC1CCC(C(C)C)C(NCCCCCc2[nH]nc(N)c2C#N)C1. The molecule has 0 aliphatic heterocycles. The van der Waals surface area contributed by atoms with Crippen molar-refractivity contribution in [2.75, 3.05) is 12.3 Å². The van der Waals surface area contributed by atoms with Gasteiger partial charge in [0, 0.05) is 6.04 Å². The van der Waals surface area contributed by atoms with Gasteiger partial charge in [0.15, 0.2) is 5.82 Å². The lowest BCUT2D eigenvalue weighted by Crippen LogP contribution is -2.43. The Hall–Kier alpha value is -1.54. The normalized spacial score (nSPS) is 24.2. The minimum Gasteiger partial charge on any atom is -0.381 e. The molecule has 3 atom stereocenters. The molecule has 0 bridgehead atoms. The van der Waals surface area contributed by atoms with E-state index in [2.05, 4.69) is 42.4 Å². The first kappa shape index (κ1) is 18.8. The van der Waals surface area contributed by atoms with Gasteiger partial charge >= 0.3 is 0 Å². The molecule has 1 aliphatic carbocycles. The molecule has 5 heteroatoms. The average molecular weight is 332 g/mol. The van der Waals surface area contributed by atoms with Crippen LogP contribution in [0.25, 0.3) is 0 Å². The van der Waals surface area contributed by atoms with Crippen molar-refractivity contribution in [3.63, 3.8) is 0 Å². The Morgan fingerprint density at radius 1 is 1.33 bits per heavy atom. The van der Waals surface area contributed by atoms with Gasteiger partial charge in [0.2, 0.25) is 0 Å². The van der Waals surface area contributed by atoms with Gasteiger partial charge in [-0.25, -0.2) is 0 Å². The predicted octanol–water partition coefficient (Wildman–Crippen LogP) is 3.63. The zero-order valence-corrected chi connectivity index (χ0v) is 15.4. The summed E-state index contributed by atoms with van der Waals surface area (Å²) < 4.78 is 0. The third-order valence-electron chi connectivity index (χ3n) is 5.51. The smallest absolute Gasteiger partial charge is 0.163 e. The Balaban J connectivity index is 1.66. The van der Waals surface area contributed by atoms with Crippen molar-refractivity contribution in [3.8, 4) is 6.07 Å². The van der Waals surface area contributed by atoms with Gasteiger partial charge in [0.05, 0.1) is 5.69 Å². The van der Waals surface area contributed by atoms with E-state index in [0.29, 0.717) is 17.4 Å². The molecule has 0 radical (unpaired) electrons. The van der Waals surface area contributed by atoms with Crippen LogP contribution in [0.3, 0.4) is 0 Å². The first-order valence-electron chi connectivity index (χ1n) is 9.49. The Morgan fingerprint density at radius 3 is 2.83 bits per heavy atom. The quantitative estimate of drug-likeness (QED) is 0.634. The van der Waals surface area contributed by atoms with E-state index < -0.39 is 0 Å². The lowest BCUT2D eigenvalue weighted by atomic mass is 9.74. The molecule has 0 amide bonds. The maximum atomic E-state index is 9.06. The van der Waals surface area contributed by atoms with Gasteiger partial charge in [-0.05, 0) is 56.4 Å². The van der Waals surface area contributed by atoms with Crippen molar-refractivity contribution >= 4 is 5.82 Å². The third-order valence-corrected chi connectivity index (χ3v) is 5.51. The van der Waals surface area contributed by atoms with E-state index in [4.69, 9.17) is 11.0 Å². The zero-order chi connectivity index (χ0) is 17.5. The second-order valence-electron chi connectivity index (χ2n) is 7.77. The van der Waals surface area contributed by atoms with E-state index in [1.165, 1.54) is 25.7 Å². The maximum absolute atomic E-state index is 9.06. The molecule has 5 nitrogen and oxygen atoms in total. The van der Waals surface area contributed by atoms with Crippen LogP contribution in [0.15, 0.2) is 0 Å². The summed E-state index contributed by atoms with van der Waals surface area (Å²) in [6, 6.07) is 2.81. The van der Waals surface area contributed by atoms with Crippen LogP contribution in [-0.2, 0) is 6.42 Å². The van der Waals surface area contributed by atoms with Crippen LogP contribution in [0.1, 0.15) is 70.6 Å². The molecule has 1 aromatic rings. The van der Waals surface area contributed by atoms with E-state index >= 15 is 0 Å². The number of nitrogens with zero attached hydrogens (tertiary/aromatic N) is 2. The molecule has 3 unspecified atom stereocenters. The Bertz CT molecular complexity index is 542. The largest absolute Gasteiger partial charge is 0.381 e. The number of aromatic nitrogens is 2. The highest BCUT2D eigenvalue weighted by Crippen LogP contribution is 2.33. The number of anilines is 1. The number of nitrogens with one attached hydrogen (secondary N) is 2. The van der Waals surface area contributed by atoms with E-state index in [1.54, 1.807) is 0 Å². The molecule has 2 rings (SSSR count). The van der Waals surface area contributed by atoms with Gasteiger partial charge in [0.25, 0.3) is 0 Å². The fourth-order valence-electron chi connectivity index (χ4n) is 4.03. The third kappa shape index (κ3) is 4.98. The number of nitrogens with two attached hydrogens (primary N) is 1. The molecule has 1 heterocycles. The number of aromatic amines is 1. The number of nitriles is 1. The van der Waals surface area contributed by atoms with E-state index in [9.17, 15) is 0 Å². The number of rotatable bonds is 8. The standard InChI is InChI=1S/C19H33N5/c1-13(2)15-9-8-14(3)11-18(15)22-10-6-4-5-7-17-16(12-20)19(21)24-23-17/h13-15,18,22H,4-11H2,1-3H3,(H3,21,23,24). The van der Waals surface area contributed by atoms with Crippen LogP contribution in [0, 0.1) is 29.1 Å². The summed E-state index contributed by atoms with van der Waals surface area (Å²) >= 11 is 0. The highest BCUT2D eigenvalue weighted by atomic mass is 15.2. The molecule has 1 aliphatic rings. The predicted molar refractivity (Wildman–Crippen MR) is 98.4 cm³/mol. The summed E-state index contributed by atoms with van der Waals surface area (Å²) in [6.07, 6.45) is 8.33. The van der Waals surface area contributed by atoms with Gasteiger partial charge in [-0.15, -0.1) is 0 Å². The Kier molecular flexibility index (Phi) is 7.11. The highest BCUT2D eigenvalue weighted by molar-refractivity contribution is 5.50. The van der Waals surface area contributed by atoms with Gasteiger partial charge in [-0.1, -0.05) is 33.6 Å². The number of hydrogen-bond donors (Lipinski definition) is 3. The fourth-order valence-corrected chi connectivity index (χ4v) is 4.03. The average Bonchev–Trinajstić information content (AvgIpc) is 2.90. The molecular formula is C19H33N5. The lowest BCUT2D eigenvalue weighted by molar-refractivity contribution is 0.170. The second kappa shape index (κ2) is 9.08. The van der Waals surface area contributed by atoms with Crippen molar-refractivity contribution in [1.82, 2.24) is 15.5 Å². The lowest BCUT2D eigenvalue weighted by Gasteiger charge is -2.38. The van der Waals surface area contributed by atoms with E-state index in [-0.39, 0.29) is 0 Å². The molecule has 0 aromatic carbocycles. The fraction of sp³-hybridized carbons (Fsp3) is 0.789. The van der Waals surface area contributed by atoms with E-state index in [1.807, 2.05) is 0 Å². The van der Waals surface area contributed by atoms with Gasteiger partial charge < -0.3 is 11.1 Å². The summed E-state index contributed by atoms with van der Waals surface area (Å²) in [5, 5.41) is 19.7. The highest BCUT2D eigenvalue weighted by Gasteiger charge is 2.29. The van der Waals surface area contributed by atoms with E-state index in [0.717, 1.165) is 49.3 Å². The molecule has 0 saturated heterocycles. The number of hydrogen-bond acceptors (Lipinski definition) is 4. The first-order valence-corrected chi connectivity index (χ1v) is 9.49. The van der Waals surface area contributed by atoms with Crippen molar-refractivity contribution < 1.29 is 0 Å². The van der Waals surface area contributed by atoms with Crippen LogP contribution in [0.5, 0.6) is 0 Å². The van der Waals surface area contributed by atoms with Gasteiger partial charge in [-0.2, -0.15) is 10.4 Å². The summed E-state index contributed by atoms with van der Waals surface area (Å²) in [7, 11) is 0. The van der Waals surface area contributed by atoms with Gasteiger partial charge in [0.1, 0.15) is 11.6 Å². The van der Waals surface area contributed by atoms with Crippen LogP contribution in [-0.4, -0.2) is 22.8 Å². The summed E-state index contributed by atoms with van der Waals surface area (Å²) in [5.74, 6) is 2.77. The van der Waals surface area contributed by atoms with Crippen molar-refractivity contribution in [3.05, 3.63) is 11.3 Å². The molecule has 134 valence electrons. The second-order valence-corrected chi connectivity index (χ2v) is 7.77. The number of nitrogen functional groups attached to an aromatic ring is 1. The Labute approximate surface area is 146 Å². The zero-order valence-electron chi connectivity index (χ0n) is 15.4. The molecule has 4 N–H and O–H groups in total. The van der Waals surface area contributed by atoms with Crippen LogP contribution in [0.4, 0.5) is 5.82 Å². The molecule has 24 heavy (non-hydrogen) atoms. The Morgan fingerprint density at radius 2 is 2.12 bits per heavy atom. The number of H-pyrrole nitrogens is 1. The molecule has 0 spiro atoms. The van der Waals surface area contributed by atoms with Gasteiger partial charge in [-0.3, -0.25) is 5.10 Å². The number of unbranched alkanes of at least 4 members (excludes halogenated alkanes) is 2. The molecule has 1 fully saturated rings. The minimum absolute atomic E-state index is 0.320. The van der Waals surface area contributed by atoms with Crippen molar-refractivity contribution in [2.24, 2.45) is 17.8 Å². The maximum Gasteiger partial charge on any atom is 0.163 e.